The number of unbranched alkanes of at least 4 members (excludes halogenated alkanes) is 1. The number of aliphatic carboxylic acids is 1. The largest absolute Gasteiger partial charge is 0.480 e. The minimum atomic E-state index is -0.847. The van der Waals surface area contributed by atoms with E-state index in [1.54, 1.807) is 0 Å². The summed E-state index contributed by atoms with van der Waals surface area (Å²) in [5, 5.41) is 12.3. The monoisotopic (exact) mass is 298 g/mol. The van der Waals surface area contributed by atoms with Crippen LogP contribution in [0.5, 0.6) is 0 Å². The summed E-state index contributed by atoms with van der Waals surface area (Å²) in [4.78, 5) is 27.8. The van der Waals surface area contributed by atoms with Crippen LogP contribution in [0.3, 0.4) is 0 Å². The molecule has 6 nitrogen and oxygen atoms in total. The van der Waals surface area contributed by atoms with E-state index in [0.717, 1.165) is 19.3 Å². The third kappa shape index (κ3) is 5.47. The number of nitrogens with one attached hydrogen (secondary N) is 2. The molecule has 0 aromatic rings. The molecule has 1 saturated heterocycles. The van der Waals surface area contributed by atoms with Gasteiger partial charge in [0.15, 0.2) is 0 Å². The molecule has 120 valence electrons. The lowest BCUT2D eigenvalue weighted by molar-refractivity contribution is -0.141. The Balaban J connectivity index is 2.79. The van der Waals surface area contributed by atoms with Gasteiger partial charge in [0.25, 0.3) is 0 Å². The number of allylic oxidation sites excluding steroid dienone is 1. The van der Waals surface area contributed by atoms with E-state index in [9.17, 15) is 14.7 Å². The molecule has 1 fully saturated rings. The molecule has 1 rings (SSSR count). The number of carboxylic acids is 1. The Kier molecular flexibility index (Phi) is 7.39. The fourth-order valence-corrected chi connectivity index (χ4v) is 2.72. The Morgan fingerprint density at radius 3 is 2.76 bits per heavy atom. The van der Waals surface area contributed by atoms with E-state index >= 15 is 0 Å². The van der Waals surface area contributed by atoms with Gasteiger partial charge in [0.05, 0.1) is 0 Å². The minimum absolute atomic E-state index is 0.0896. The van der Waals surface area contributed by atoms with Gasteiger partial charge in [0.2, 0.25) is 5.91 Å². The van der Waals surface area contributed by atoms with Crippen LogP contribution in [-0.2, 0) is 14.4 Å². The molecule has 0 aromatic carbocycles. The van der Waals surface area contributed by atoms with Gasteiger partial charge in [0.1, 0.15) is 12.1 Å². The second-order valence-electron chi connectivity index (χ2n) is 5.47. The minimum Gasteiger partial charge on any atom is -0.480 e. The SMILES string of the molecule is C/C=C\[C@@H]1C[C@H](C(=O)O)N[C@H]1[C@H](CCCC)ONC(C)=O. The first-order valence-electron chi connectivity index (χ1n) is 7.53. The number of hydrogen-bond acceptors (Lipinski definition) is 4. The molecule has 0 saturated carbocycles. The molecule has 1 amide bonds. The van der Waals surface area contributed by atoms with E-state index in [2.05, 4.69) is 17.7 Å². The molecule has 0 bridgehead atoms. The van der Waals surface area contributed by atoms with Crippen molar-refractivity contribution < 1.29 is 19.5 Å². The van der Waals surface area contributed by atoms with E-state index in [-0.39, 0.29) is 24.0 Å². The lowest BCUT2D eigenvalue weighted by Crippen LogP contribution is -2.46. The maximum absolute atomic E-state index is 11.2. The lowest BCUT2D eigenvalue weighted by atomic mass is 9.92. The molecular formula is C15H26N2O4. The van der Waals surface area contributed by atoms with Crippen molar-refractivity contribution in [1.82, 2.24) is 10.8 Å². The van der Waals surface area contributed by atoms with Crippen molar-refractivity contribution in [1.29, 1.82) is 0 Å². The Bertz CT molecular complexity index is 384. The highest BCUT2D eigenvalue weighted by Gasteiger charge is 2.40. The van der Waals surface area contributed by atoms with E-state index in [0.29, 0.717) is 6.42 Å². The summed E-state index contributed by atoms with van der Waals surface area (Å²) in [6.07, 6.45) is 6.99. The van der Waals surface area contributed by atoms with Gasteiger partial charge in [-0.15, -0.1) is 0 Å². The summed E-state index contributed by atoms with van der Waals surface area (Å²) in [7, 11) is 0. The molecule has 4 atom stereocenters. The number of rotatable bonds is 8. The molecule has 1 aliphatic heterocycles. The van der Waals surface area contributed by atoms with Gasteiger partial charge >= 0.3 is 5.97 Å². The summed E-state index contributed by atoms with van der Waals surface area (Å²) in [6.45, 7) is 5.39. The molecule has 0 aliphatic carbocycles. The van der Waals surface area contributed by atoms with Crippen molar-refractivity contribution in [2.24, 2.45) is 5.92 Å². The number of carboxylic acid groups (broad SMARTS) is 1. The summed E-state index contributed by atoms with van der Waals surface area (Å²) in [5.41, 5.74) is 2.39. The third-order valence-corrected chi connectivity index (χ3v) is 3.70. The fourth-order valence-electron chi connectivity index (χ4n) is 2.72. The van der Waals surface area contributed by atoms with E-state index in [4.69, 9.17) is 4.84 Å². The fraction of sp³-hybridized carbons (Fsp3) is 0.733. The van der Waals surface area contributed by atoms with Gasteiger partial charge in [-0.25, -0.2) is 5.48 Å². The number of carbonyl (C=O) groups excluding carboxylic acids is 1. The molecule has 6 heteroatoms. The zero-order valence-corrected chi connectivity index (χ0v) is 13.0. The maximum Gasteiger partial charge on any atom is 0.320 e. The molecule has 0 aromatic heterocycles. The van der Waals surface area contributed by atoms with Crippen LogP contribution < -0.4 is 10.8 Å². The highest BCUT2D eigenvalue weighted by Crippen LogP contribution is 2.27. The van der Waals surface area contributed by atoms with Gasteiger partial charge in [-0.1, -0.05) is 31.9 Å². The Morgan fingerprint density at radius 1 is 1.52 bits per heavy atom. The average Bonchev–Trinajstić information content (AvgIpc) is 2.83. The first kappa shape index (κ1) is 17.7. The van der Waals surface area contributed by atoms with Gasteiger partial charge in [-0.3, -0.25) is 19.7 Å². The van der Waals surface area contributed by atoms with Crippen LogP contribution >= 0.6 is 0 Å². The molecule has 3 N–H and O–H groups in total. The number of hydrogen-bond donors (Lipinski definition) is 3. The highest BCUT2D eigenvalue weighted by molar-refractivity contribution is 5.74. The number of amides is 1. The maximum atomic E-state index is 11.2. The third-order valence-electron chi connectivity index (χ3n) is 3.70. The Hall–Kier alpha value is -1.40. The van der Waals surface area contributed by atoms with Gasteiger partial charge in [-0.05, 0) is 25.7 Å². The van der Waals surface area contributed by atoms with Crippen molar-refractivity contribution in [3.8, 4) is 0 Å². The standard InChI is InChI=1S/C15H26N2O4/c1-4-6-8-13(21-17-10(3)18)14-11(7-5-2)9-12(16-14)15(19)20/h5,7,11-14,16H,4,6,8-9H2,1-3H3,(H,17,18)(H,19,20)/b7-5-/t11-,12-,13+,14-/m1/s1. The van der Waals surface area contributed by atoms with Crippen molar-refractivity contribution in [3.63, 3.8) is 0 Å². The molecule has 1 aliphatic rings. The average molecular weight is 298 g/mol. The lowest BCUT2D eigenvalue weighted by Gasteiger charge is -2.27. The van der Waals surface area contributed by atoms with Gasteiger partial charge in [-0.2, -0.15) is 0 Å². The van der Waals surface area contributed by atoms with Crippen molar-refractivity contribution in [2.45, 2.75) is 64.6 Å². The zero-order valence-electron chi connectivity index (χ0n) is 13.0. The van der Waals surface area contributed by atoms with Gasteiger partial charge < -0.3 is 5.11 Å². The second-order valence-corrected chi connectivity index (χ2v) is 5.47. The predicted molar refractivity (Wildman–Crippen MR) is 79.5 cm³/mol. The van der Waals surface area contributed by atoms with Crippen molar-refractivity contribution >= 4 is 11.9 Å². The molecule has 0 radical (unpaired) electrons. The molecule has 1 heterocycles. The summed E-state index contributed by atoms with van der Waals surface area (Å²) >= 11 is 0. The highest BCUT2D eigenvalue weighted by atomic mass is 16.7. The summed E-state index contributed by atoms with van der Waals surface area (Å²) in [6, 6.07) is -0.679. The first-order valence-corrected chi connectivity index (χ1v) is 7.53. The Labute approximate surface area is 125 Å². The molecule has 0 unspecified atom stereocenters. The summed E-state index contributed by atoms with van der Waals surface area (Å²) in [5.74, 6) is -1.01. The number of carbonyl (C=O) groups is 2. The summed E-state index contributed by atoms with van der Waals surface area (Å²) < 4.78 is 0. The van der Waals surface area contributed by atoms with Crippen LogP contribution in [0.1, 0.15) is 46.5 Å². The normalized spacial score (nSPS) is 26.9. The van der Waals surface area contributed by atoms with Crippen LogP contribution in [0.25, 0.3) is 0 Å². The first-order chi connectivity index (χ1) is 9.99. The molecular weight excluding hydrogens is 272 g/mol. The number of hydroxylamine groups is 1. The smallest absolute Gasteiger partial charge is 0.320 e. The second kappa shape index (κ2) is 8.79. The van der Waals surface area contributed by atoms with Crippen LogP contribution in [0, 0.1) is 5.92 Å². The van der Waals surface area contributed by atoms with Crippen LogP contribution in [0.4, 0.5) is 0 Å². The van der Waals surface area contributed by atoms with Gasteiger partial charge in [0, 0.05) is 13.0 Å². The Morgan fingerprint density at radius 2 is 2.24 bits per heavy atom. The predicted octanol–water partition coefficient (Wildman–Crippen LogP) is 1.62. The van der Waals surface area contributed by atoms with E-state index < -0.39 is 12.0 Å². The van der Waals surface area contributed by atoms with Crippen LogP contribution in [0.2, 0.25) is 0 Å². The molecule has 0 spiro atoms. The quantitative estimate of drug-likeness (QED) is 0.468. The topological polar surface area (TPSA) is 87.7 Å². The van der Waals surface area contributed by atoms with E-state index in [1.807, 2.05) is 19.1 Å². The van der Waals surface area contributed by atoms with Crippen molar-refractivity contribution in [3.05, 3.63) is 12.2 Å². The zero-order chi connectivity index (χ0) is 15.8. The van der Waals surface area contributed by atoms with Crippen molar-refractivity contribution in [2.75, 3.05) is 0 Å². The van der Waals surface area contributed by atoms with Crippen LogP contribution in [-0.4, -0.2) is 35.2 Å². The molecule has 21 heavy (non-hydrogen) atoms. The van der Waals surface area contributed by atoms with Crippen LogP contribution in [0.15, 0.2) is 12.2 Å². The van der Waals surface area contributed by atoms with E-state index in [1.165, 1.54) is 6.92 Å².